The summed E-state index contributed by atoms with van der Waals surface area (Å²) in [5.41, 5.74) is 4.16. The minimum atomic E-state index is -0.390. The van der Waals surface area contributed by atoms with Gasteiger partial charge in [-0.1, -0.05) is 30.7 Å². The highest BCUT2D eigenvalue weighted by molar-refractivity contribution is 7.18. The highest BCUT2D eigenvalue weighted by atomic mass is 35.5. The molecule has 8 heteroatoms. The number of nitrogens with one attached hydrogen (secondary N) is 1. The van der Waals surface area contributed by atoms with E-state index in [-0.39, 0.29) is 18.0 Å². The lowest BCUT2D eigenvalue weighted by molar-refractivity contribution is -0.121. The Morgan fingerprint density at radius 2 is 2.36 bits per heavy atom. The first kappa shape index (κ1) is 18.8. The number of halogens is 1. The Kier molecular flexibility index (Phi) is 5.28. The van der Waals surface area contributed by atoms with Crippen LogP contribution in [0.2, 0.25) is 5.02 Å². The first-order valence-corrected chi connectivity index (χ1v) is 10.3. The summed E-state index contributed by atoms with van der Waals surface area (Å²) in [6.07, 6.45) is 5.91. The van der Waals surface area contributed by atoms with Crippen molar-refractivity contribution in [3.05, 3.63) is 62.0 Å². The molecule has 2 heterocycles. The summed E-state index contributed by atoms with van der Waals surface area (Å²) < 4.78 is 1.34. The van der Waals surface area contributed by atoms with E-state index >= 15 is 0 Å². The van der Waals surface area contributed by atoms with Crippen LogP contribution in [0.5, 0.6) is 0 Å². The number of thiophene rings is 1. The monoisotopic (exact) mass is 414 g/mol. The Bertz CT molecular complexity index is 1130. The first-order chi connectivity index (χ1) is 13.5. The van der Waals surface area contributed by atoms with Crippen LogP contribution in [0.3, 0.4) is 0 Å². The number of nitrogens with zero attached hydrogens (tertiary/aromatic N) is 3. The zero-order valence-electron chi connectivity index (χ0n) is 15.3. The van der Waals surface area contributed by atoms with Gasteiger partial charge in [-0.25, -0.2) is 10.4 Å². The van der Waals surface area contributed by atoms with Gasteiger partial charge in [-0.3, -0.25) is 14.2 Å². The van der Waals surface area contributed by atoms with E-state index in [2.05, 4.69) is 22.4 Å². The van der Waals surface area contributed by atoms with Gasteiger partial charge in [0.25, 0.3) is 11.5 Å². The third kappa shape index (κ3) is 3.86. The van der Waals surface area contributed by atoms with Crippen molar-refractivity contribution in [2.75, 3.05) is 0 Å². The molecule has 0 aliphatic heterocycles. The summed E-state index contributed by atoms with van der Waals surface area (Å²) in [6, 6.07) is 7.12. The van der Waals surface area contributed by atoms with E-state index in [0.717, 1.165) is 35.2 Å². The summed E-state index contributed by atoms with van der Waals surface area (Å²) in [6.45, 7) is 2.10. The second kappa shape index (κ2) is 7.85. The fourth-order valence-corrected chi connectivity index (χ4v) is 4.97. The molecule has 2 aromatic heterocycles. The minimum Gasteiger partial charge on any atom is -0.289 e. The summed E-state index contributed by atoms with van der Waals surface area (Å²) in [5, 5.41) is 5.19. The molecule has 6 nitrogen and oxygen atoms in total. The van der Waals surface area contributed by atoms with Gasteiger partial charge in [0.05, 0.1) is 17.9 Å². The summed E-state index contributed by atoms with van der Waals surface area (Å²) in [4.78, 5) is 31.5. The molecule has 0 fully saturated rings. The first-order valence-electron chi connectivity index (χ1n) is 9.08. The Labute approximate surface area is 170 Å². The Morgan fingerprint density at radius 3 is 3.18 bits per heavy atom. The maximum absolute atomic E-state index is 12.9. The topological polar surface area (TPSA) is 76.3 Å². The number of aromatic nitrogens is 2. The quantitative estimate of drug-likeness (QED) is 0.525. The van der Waals surface area contributed by atoms with Gasteiger partial charge < -0.3 is 0 Å². The Morgan fingerprint density at radius 1 is 1.50 bits per heavy atom. The average Bonchev–Trinajstić information content (AvgIpc) is 3.02. The largest absolute Gasteiger partial charge is 0.289 e. The van der Waals surface area contributed by atoms with E-state index in [1.807, 2.05) is 6.07 Å². The molecule has 0 bridgehead atoms. The van der Waals surface area contributed by atoms with Crippen molar-refractivity contribution >= 4 is 45.3 Å². The average molecular weight is 415 g/mol. The van der Waals surface area contributed by atoms with Crippen molar-refractivity contribution in [3.63, 3.8) is 0 Å². The number of hydrazone groups is 1. The molecule has 1 N–H and O–H groups in total. The number of amides is 1. The zero-order valence-corrected chi connectivity index (χ0v) is 16.9. The van der Waals surface area contributed by atoms with Gasteiger partial charge in [-0.15, -0.1) is 11.3 Å². The Hall–Kier alpha value is -2.51. The van der Waals surface area contributed by atoms with Gasteiger partial charge in [-0.05, 0) is 48.4 Å². The van der Waals surface area contributed by atoms with E-state index in [9.17, 15) is 9.59 Å². The van der Waals surface area contributed by atoms with E-state index in [4.69, 9.17) is 11.6 Å². The van der Waals surface area contributed by atoms with Gasteiger partial charge in [0.1, 0.15) is 11.4 Å². The standard InChI is InChI=1S/C20H19ClN4O2S/c1-12-5-6-15-16(7-12)28-19-18(15)20(27)25(11-22-19)10-17(26)24-23-9-13-3-2-4-14(21)8-13/h2-4,8-9,11-12H,5-7,10H2,1H3,(H,24,26)/b23-9-. The number of rotatable bonds is 4. The number of benzene rings is 1. The highest BCUT2D eigenvalue weighted by Gasteiger charge is 2.23. The van der Waals surface area contributed by atoms with Gasteiger partial charge in [0.2, 0.25) is 0 Å². The van der Waals surface area contributed by atoms with Gasteiger partial charge >= 0.3 is 0 Å². The molecule has 1 aliphatic carbocycles. The van der Waals surface area contributed by atoms with Crippen LogP contribution < -0.4 is 11.0 Å². The summed E-state index contributed by atoms with van der Waals surface area (Å²) in [7, 11) is 0. The van der Waals surface area contributed by atoms with Crippen molar-refractivity contribution in [1.82, 2.24) is 15.0 Å². The molecule has 0 spiro atoms. The second-order valence-electron chi connectivity index (χ2n) is 7.06. The van der Waals surface area contributed by atoms with Crippen molar-refractivity contribution in [1.29, 1.82) is 0 Å². The van der Waals surface area contributed by atoms with E-state index < -0.39 is 0 Å². The molecule has 0 saturated heterocycles. The third-order valence-corrected chi connectivity index (χ3v) is 6.25. The summed E-state index contributed by atoms with van der Waals surface area (Å²) >= 11 is 7.51. The number of carbonyl (C=O) groups excluding carboxylic acids is 1. The Balaban J connectivity index is 1.51. The second-order valence-corrected chi connectivity index (χ2v) is 8.58. The van der Waals surface area contributed by atoms with Crippen LogP contribution in [0, 0.1) is 5.92 Å². The molecule has 28 heavy (non-hydrogen) atoms. The molecule has 1 amide bonds. The molecular formula is C20H19ClN4O2S. The van der Waals surface area contributed by atoms with E-state index in [0.29, 0.717) is 16.3 Å². The molecule has 3 aromatic rings. The molecule has 4 rings (SSSR count). The van der Waals surface area contributed by atoms with Crippen LogP contribution in [-0.2, 0) is 24.2 Å². The van der Waals surface area contributed by atoms with Crippen LogP contribution in [0.15, 0.2) is 40.5 Å². The van der Waals surface area contributed by atoms with Crippen LogP contribution in [-0.4, -0.2) is 21.7 Å². The predicted molar refractivity (Wildman–Crippen MR) is 112 cm³/mol. The molecule has 1 unspecified atom stereocenters. The number of hydrogen-bond acceptors (Lipinski definition) is 5. The lowest BCUT2D eigenvalue weighted by Gasteiger charge is -2.17. The number of aryl methyl sites for hydroxylation is 1. The fourth-order valence-electron chi connectivity index (χ4n) is 3.43. The van der Waals surface area contributed by atoms with Crippen molar-refractivity contribution in [3.8, 4) is 0 Å². The van der Waals surface area contributed by atoms with Crippen LogP contribution in [0.1, 0.15) is 29.3 Å². The predicted octanol–water partition coefficient (Wildman–Crippen LogP) is 3.39. The van der Waals surface area contributed by atoms with Crippen LogP contribution >= 0.6 is 22.9 Å². The number of fused-ring (bicyclic) bond motifs is 3. The number of carbonyl (C=O) groups is 1. The van der Waals surface area contributed by atoms with Crippen LogP contribution in [0.4, 0.5) is 0 Å². The van der Waals surface area contributed by atoms with Gasteiger partial charge in [-0.2, -0.15) is 5.10 Å². The fraction of sp³-hybridized carbons (Fsp3) is 0.300. The van der Waals surface area contributed by atoms with Crippen LogP contribution in [0.25, 0.3) is 10.2 Å². The van der Waals surface area contributed by atoms with Gasteiger partial charge in [0, 0.05) is 9.90 Å². The lowest BCUT2D eigenvalue weighted by Crippen LogP contribution is -2.30. The third-order valence-electron chi connectivity index (χ3n) is 4.85. The normalized spacial score (nSPS) is 16.4. The van der Waals surface area contributed by atoms with Crippen molar-refractivity contribution in [2.24, 2.45) is 11.0 Å². The molecule has 1 aromatic carbocycles. The smallest absolute Gasteiger partial charge is 0.262 e. The van der Waals surface area contributed by atoms with Crippen molar-refractivity contribution in [2.45, 2.75) is 32.7 Å². The van der Waals surface area contributed by atoms with Crippen molar-refractivity contribution < 1.29 is 4.79 Å². The molecule has 0 radical (unpaired) electrons. The van der Waals surface area contributed by atoms with E-state index in [1.165, 1.54) is 22.0 Å². The van der Waals surface area contributed by atoms with Gasteiger partial charge in [0.15, 0.2) is 0 Å². The SMILES string of the molecule is CC1CCc2c(sc3ncn(CC(=O)N/N=C\c4cccc(Cl)c4)c(=O)c23)C1. The zero-order chi connectivity index (χ0) is 19.7. The molecule has 1 aliphatic rings. The van der Waals surface area contributed by atoms with E-state index in [1.54, 1.807) is 29.5 Å². The molecule has 1 atom stereocenters. The molecular weight excluding hydrogens is 396 g/mol. The maximum atomic E-state index is 12.9. The summed E-state index contributed by atoms with van der Waals surface area (Å²) in [5.74, 6) is 0.241. The molecule has 144 valence electrons. The maximum Gasteiger partial charge on any atom is 0.262 e. The number of hydrogen-bond donors (Lipinski definition) is 1. The lowest BCUT2D eigenvalue weighted by atomic mass is 9.89. The highest BCUT2D eigenvalue weighted by Crippen LogP contribution is 2.35. The minimum absolute atomic E-state index is 0.129. The molecule has 0 saturated carbocycles.